The SMILES string of the molecule is CCOCCN(CC)C(=O)c1ccc(C#CCN)cc1. The van der Waals surface area contributed by atoms with Crippen LogP contribution < -0.4 is 5.73 Å². The van der Waals surface area contributed by atoms with Crippen molar-refractivity contribution in [1.82, 2.24) is 4.90 Å². The van der Waals surface area contributed by atoms with Crippen LogP contribution in [0.2, 0.25) is 0 Å². The van der Waals surface area contributed by atoms with Gasteiger partial charge in [0.25, 0.3) is 5.91 Å². The fourth-order valence-electron chi connectivity index (χ4n) is 1.75. The molecule has 1 rings (SSSR count). The molecule has 0 heterocycles. The third-order valence-corrected chi connectivity index (χ3v) is 2.85. The van der Waals surface area contributed by atoms with E-state index in [4.69, 9.17) is 10.5 Å². The van der Waals surface area contributed by atoms with E-state index < -0.39 is 0 Å². The summed E-state index contributed by atoms with van der Waals surface area (Å²) in [6.45, 7) is 6.75. The fraction of sp³-hybridized carbons (Fsp3) is 0.438. The molecule has 0 fully saturated rings. The van der Waals surface area contributed by atoms with Gasteiger partial charge in [-0.15, -0.1) is 0 Å². The minimum absolute atomic E-state index is 0.0190. The molecule has 1 aromatic rings. The number of ether oxygens (including phenoxy) is 1. The highest BCUT2D eigenvalue weighted by Gasteiger charge is 2.13. The molecule has 108 valence electrons. The van der Waals surface area contributed by atoms with Crippen molar-refractivity contribution in [3.05, 3.63) is 35.4 Å². The van der Waals surface area contributed by atoms with E-state index in [0.717, 1.165) is 5.56 Å². The van der Waals surface area contributed by atoms with E-state index in [9.17, 15) is 4.79 Å². The number of rotatable bonds is 6. The van der Waals surface area contributed by atoms with Crippen LogP contribution in [0.5, 0.6) is 0 Å². The van der Waals surface area contributed by atoms with Gasteiger partial charge >= 0.3 is 0 Å². The second kappa shape index (κ2) is 9.13. The summed E-state index contributed by atoms with van der Waals surface area (Å²) in [5, 5.41) is 0. The molecule has 0 saturated heterocycles. The highest BCUT2D eigenvalue weighted by Crippen LogP contribution is 2.07. The lowest BCUT2D eigenvalue weighted by molar-refractivity contribution is 0.0669. The van der Waals surface area contributed by atoms with E-state index >= 15 is 0 Å². The lowest BCUT2D eigenvalue weighted by atomic mass is 10.1. The van der Waals surface area contributed by atoms with Crippen LogP contribution in [0.3, 0.4) is 0 Å². The number of hydrogen-bond donors (Lipinski definition) is 1. The van der Waals surface area contributed by atoms with Crippen molar-refractivity contribution < 1.29 is 9.53 Å². The maximum atomic E-state index is 12.3. The van der Waals surface area contributed by atoms with E-state index in [1.807, 2.05) is 26.0 Å². The van der Waals surface area contributed by atoms with Crippen molar-refractivity contribution in [1.29, 1.82) is 0 Å². The predicted molar refractivity (Wildman–Crippen MR) is 80.4 cm³/mol. The molecule has 0 bridgehead atoms. The number of hydrogen-bond acceptors (Lipinski definition) is 3. The Labute approximate surface area is 120 Å². The van der Waals surface area contributed by atoms with Crippen molar-refractivity contribution >= 4 is 5.91 Å². The Bertz CT molecular complexity index is 471. The van der Waals surface area contributed by atoms with Crippen LogP contribution in [0, 0.1) is 11.8 Å². The molecule has 0 aliphatic rings. The molecule has 0 saturated carbocycles. The minimum Gasteiger partial charge on any atom is -0.380 e. The first-order valence-corrected chi connectivity index (χ1v) is 6.88. The average molecular weight is 274 g/mol. The molecule has 0 unspecified atom stereocenters. The van der Waals surface area contributed by atoms with Gasteiger partial charge < -0.3 is 15.4 Å². The molecular weight excluding hydrogens is 252 g/mol. The van der Waals surface area contributed by atoms with Crippen LogP contribution in [0.25, 0.3) is 0 Å². The molecule has 0 aliphatic carbocycles. The molecule has 0 radical (unpaired) electrons. The summed E-state index contributed by atoms with van der Waals surface area (Å²) in [6, 6.07) is 7.27. The zero-order chi connectivity index (χ0) is 14.8. The minimum atomic E-state index is 0.0190. The van der Waals surface area contributed by atoms with Crippen molar-refractivity contribution in [2.24, 2.45) is 5.73 Å². The topological polar surface area (TPSA) is 55.6 Å². The van der Waals surface area contributed by atoms with Crippen LogP contribution in [-0.4, -0.2) is 43.7 Å². The summed E-state index contributed by atoms with van der Waals surface area (Å²) in [5.74, 6) is 5.74. The highest BCUT2D eigenvalue weighted by molar-refractivity contribution is 5.94. The van der Waals surface area contributed by atoms with Gasteiger partial charge in [0.2, 0.25) is 0 Å². The number of carbonyl (C=O) groups is 1. The second-order valence-corrected chi connectivity index (χ2v) is 4.16. The first-order valence-electron chi connectivity index (χ1n) is 6.88. The molecule has 0 spiro atoms. The molecule has 0 atom stereocenters. The molecule has 1 aromatic carbocycles. The Balaban J connectivity index is 2.69. The highest BCUT2D eigenvalue weighted by atomic mass is 16.5. The Kier molecular flexibility index (Phi) is 7.41. The number of nitrogens with two attached hydrogens (primary N) is 1. The first kappa shape index (κ1) is 16.2. The number of likely N-dealkylation sites (N-methyl/N-ethyl adjacent to an activating group) is 1. The van der Waals surface area contributed by atoms with Gasteiger partial charge in [0.15, 0.2) is 0 Å². The molecule has 1 amide bonds. The van der Waals surface area contributed by atoms with Crippen LogP contribution >= 0.6 is 0 Å². The molecule has 0 aromatic heterocycles. The predicted octanol–water partition coefficient (Wildman–Crippen LogP) is 1.50. The summed E-state index contributed by atoms with van der Waals surface area (Å²) in [6.07, 6.45) is 0. The largest absolute Gasteiger partial charge is 0.380 e. The Morgan fingerprint density at radius 2 is 2.00 bits per heavy atom. The van der Waals surface area contributed by atoms with Crippen molar-refractivity contribution in [2.75, 3.05) is 32.8 Å². The smallest absolute Gasteiger partial charge is 0.253 e. The molecule has 4 nitrogen and oxygen atoms in total. The van der Waals surface area contributed by atoms with Gasteiger partial charge in [0.05, 0.1) is 13.2 Å². The lowest BCUT2D eigenvalue weighted by Crippen LogP contribution is -2.33. The lowest BCUT2D eigenvalue weighted by Gasteiger charge is -2.20. The molecule has 2 N–H and O–H groups in total. The molecule has 0 aliphatic heterocycles. The van der Waals surface area contributed by atoms with E-state index in [0.29, 0.717) is 38.4 Å². The van der Waals surface area contributed by atoms with Gasteiger partial charge in [0, 0.05) is 30.8 Å². The van der Waals surface area contributed by atoms with Crippen LogP contribution in [0.15, 0.2) is 24.3 Å². The summed E-state index contributed by atoms with van der Waals surface area (Å²) in [5.41, 5.74) is 6.86. The van der Waals surface area contributed by atoms with E-state index in [-0.39, 0.29) is 5.91 Å². The fourth-order valence-corrected chi connectivity index (χ4v) is 1.75. The van der Waals surface area contributed by atoms with E-state index in [1.165, 1.54) is 0 Å². The third kappa shape index (κ3) is 5.04. The third-order valence-electron chi connectivity index (χ3n) is 2.85. The second-order valence-electron chi connectivity index (χ2n) is 4.16. The van der Waals surface area contributed by atoms with Gasteiger partial charge in [-0.05, 0) is 38.1 Å². The number of benzene rings is 1. The number of nitrogens with zero attached hydrogens (tertiary/aromatic N) is 1. The summed E-state index contributed by atoms with van der Waals surface area (Å²) >= 11 is 0. The standard InChI is InChI=1S/C16H22N2O2/c1-3-18(12-13-20-4-2)16(19)15-9-7-14(8-10-15)6-5-11-17/h7-10H,3-4,11-13,17H2,1-2H3. The van der Waals surface area contributed by atoms with Crippen molar-refractivity contribution in [3.8, 4) is 11.8 Å². The number of carbonyl (C=O) groups excluding carboxylic acids is 1. The van der Waals surface area contributed by atoms with Crippen molar-refractivity contribution in [3.63, 3.8) is 0 Å². The van der Waals surface area contributed by atoms with E-state index in [2.05, 4.69) is 11.8 Å². The monoisotopic (exact) mass is 274 g/mol. The molecular formula is C16H22N2O2. The Morgan fingerprint density at radius 3 is 2.55 bits per heavy atom. The summed E-state index contributed by atoms with van der Waals surface area (Å²) in [4.78, 5) is 14.1. The first-order chi connectivity index (χ1) is 9.72. The normalized spacial score (nSPS) is 9.75. The maximum absolute atomic E-state index is 12.3. The summed E-state index contributed by atoms with van der Waals surface area (Å²) in [7, 11) is 0. The quantitative estimate of drug-likeness (QED) is 0.632. The van der Waals surface area contributed by atoms with Gasteiger partial charge in [-0.1, -0.05) is 11.8 Å². The molecule has 4 heteroatoms. The van der Waals surface area contributed by atoms with E-state index in [1.54, 1.807) is 17.0 Å². The average Bonchev–Trinajstić information content (AvgIpc) is 2.49. The van der Waals surface area contributed by atoms with Crippen LogP contribution in [0.4, 0.5) is 0 Å². The van der Waals surface area contributed by atoms with Gasteiger partial charge in [0.1, 0.15) is 0 Å². The van der Waals surface area contributed by atoms with Gasteiger partial charge in [-0.25, -0.2) is 0 Å². The molecule has 20 heavy (non-hydrogen) atoms. The van der Waals surface area contributed by atoms with Gasteiger partial charge in [-0.2, -0.15) is 0 Å². The zero-order valence-electron chi connectivity index (χ0n) is 12.2. The van der Waals surface area contributed by atoms with Crippen LogP contribution in [0.1, 0.15) is 29.8 Å². The van der Waals surface area contributed by atoms with Crippen molar-refractivity contribution in [2.45, 2.75) is 13.8 Å². The summed E-state index contributed by atoms with van der Waals surface area (Å²) < 4.78 is 5.29. The van der Waals surface area contributed by atoms with Crippen LogP contribution in [-0.2, 0) is 4.74 Å². The Hall–Kier alpha value is -1.83. The van der Waals surface area contributed by atoms with Gasteiger partial charge in [-0.3, -0.25) is 4.79 Å². The Morgan fingerprint density at radius 1 is 1.30 bits per heavy atom. The number of amides is 1. The maximum Gasteiger partial charge on any atom is 0.253 e. The zero-order valence-corrected chi connectivity index (χ0v) is 12.2.